The van der Waals surface area contributed by atoms with Crippen LogP contribution in [-0.2, 0) is 58.5 Å². The number of hydrogen-bond donors (Lipinski definition) is 2. The molecule has 1 aliphatic rings. The van der Waals surface area contributed by atoms with E-state index in [0.29, 0.717) is 44.7 Å². The number of allylic oxidation sites excluding steroid dienone is 2. The molecule has 350 valence electrons. The Bertz CT molecular complexity index is 3430. The van der Waals surface area contributed by atoms with Crippen molar-refractivity contribution in [3.05, 3.63) is 153 Å². The molecule has 0 amide bonds. The Hall–Kier alpha value is -5.63. The van der Waals surface area contributed by atoms with Crippen LogP contribution < -0.4 is 14.4 Å². The molecule has 1 aromatic heterocycles. The first-order valence-corrected chi connectivity index (χ1v) is 24.3. The van der Waals surface area contributed by atoms with Gasteiger partial charge in [-0.15, -0.1) is 0 Å². The van der Waals surface area contributed by atoms with Crippen LogP contribution in [0.1, 0.15) is 41.9 Å². The van der Waals surface area contributed by atoms with Crippen LogP contribution in [0.2, 0.25) is 10.0 Å². The second-order valence-electron chi connectivity index (χ2n) is 15.7. The van der Waals surface area contributed by atoms with Crippen molar-refractivity contribution in [3.8, 4) is 0 Å². The average molecular weight is 1000 g/mol. The van der Waals surface area contributed by atoms with E-state index in [1.165, 1.54) is 36.4 Å². The highest BCUT2D eigenvalue weighted by Gasteiger charge is 2.39. The molecule has 6 aromatic carbocycles. The van der Waals surface area contributed by atoms with Gasteiger partial charge in [0.15, 0.2) is 11.0 Å². The first-order valence-electron chi connectivity index (χ1n) is 20.7. The number of rotatable bonds is 12. The summed E-state index contributed by atoms with van der Waals surface area (Å²) in [5.74, 6) is 0.864. The normalized spacial score (nSPS) is 14.5. The van der Waals surface area contributed by atoms with E-state index in [1.807, 2.05) is 0 Å². The van der Waals surface area contributed by atoms with Crippen LogP contribution in [0.5, 0.6) is 0 Å². The maximum atomic E-state index is 14.4. The fraction of sp³-hybridized carbons (Fsp3) is 0.213. The number of hydrogen-bond acceptors (Lipinski definition) is 6. The van der Waals surface area contributed by atoms with Crippen LogP contribution in [0.4, 0.5) is 37.7 Å². The molecule has 0 unspecified atom stereocenters. The van der Waals surface area contributed by atoms with Gasteiger partial charge in [-0.2, -0.15) is 43.2 Å². The third kappa shape index (κ3) is 9.10. The van der Waals surface area contributed by atoms with Crippen LogP contribution >= 0.6 is 23.2 Å². The lowest BCUT2D eigenvalue weighted by Crippen LogP contribution is -2.37. The minimum Gasteiger partial charge on any atom is -0.326 e. The Kier molecular flexibility index (Phi) is 12.7. The Balaban J connectivity index is 1.26. The molecule has 7 aromatic rings. The number of fused-ring (bicyclic) bond motifs is 4. The van der Waals surface area contributed by atoms with Gasteiger partial charge in [-0.1, -0.05) is 89.9 Å². The molecule has 0 aliphatic carbocycles. The van der Waals surface area contributed by atoms with E-state index in [2.05, 4.69) is 0 Å². The van der Waals surface area contributed by atoms with E-state index in [1.54, 1.807) is 99.5 Å². The lowest BCUT2D eigenvalue weighted by molar-refractivity contribution is -0.673. The number of alkyl halides is 6. The van der Waals surface area contributed by atoms with Gasteiger partial charge in [-0.25, -0.2) is 9.13 Å². The van der Waals surface area contributed by atoms with Gasteiger partial charge < -0.3 is 9.80 Å². The molecule has 2 N–H and O–H groups in total. The Morgan fingerprint density at radius 3 is 1.67 bits per heavy atom. The summed E-state index contributed by atoms with van der Waals surface area (Å²) in [6, 6.07) is 23.1. The van der Waals surface area contributed by atoms with Crippen LogP contribution in [0.3, 0.4) is 0 Å². The van der Waals surface area contributed by atoms with Crippen molar-refractivity contribution in [2.45, 2.75) is 61.9 Å². The maximum Gasteiger partial charge on any atom is 0.418 e. The van der Waals surface area contributed by atoms with Gasteiger partial charge >= 0.3 is 12.4 Å². The molecule has 0 radical (unpaired) electrons. The van der Waals surface area contributed by atoms with Crippen molar-refractivity contribution in [1.29, 1.82) is 0 Å². The van der Waals surface area contributed by atoms with Gasteiger partial charge in [-0.3, -0.25) is 9.11 Å². The molecule has 20 heteroatoms. The smallest absolute Gasteiger partial charge is 0.326 e. The van der Waals surface area contributed by atoms with Crippen molar-refractivity contribution in [2.24, 2.45) is 0 Å². The average Bonchev–Trinajstić information content (AvgIpc) is 3.71. The van der Waals surface area contributed by atoms with E-state index in [4.69, 9.17) is 23.2 Å². The fourth-order valence-corrected chi connectivity index (χ4v) is 10.8. The molecular formula is C47H39Cl2F6N4O6S2+. The molecule has 1 aliphatic heterocycles. The molecule has 0 bridgehead atoms. The van der Waals surface area contributed by atoms with Gasteiger partial charge in [-0.05, 0) is 72.5 Å². The number of imidazole rings is 1. The summed E-state index contributed by atoms with van der Waals surface area (Å²) in [4.78, 5) is 2.85. The largest absolute Gasteiger partial charge is 0.418 e. The highest BCUT2D eigenvalue weighted by molar-refractivity contribution is 7.86. The molecular weight excluding hydrogens is 966 g/mol. The quantitative estimate of drug-likeness (QED) is 0.0705. The summed E-state index contributed by atoms with van der Waals surface area (Å²) < 4.78 is 158. The number of aryl methyl sites for hydroxylation is 3. The first kappa shape index (κ1) is 47.8. The van der Waals surface area contributed by atoms with Crippen molar-refractivity contribution >= 4 is 93.5 Å². The molecule has 8 rings (SSSR count). The van der Waals surface area contributed by atoms with Crippen molar-refractivity contribution in [3.63, 3.8) is 0 Å². The summed E-state index contributed by atoms with van der Waals surface area (Å²) in [5.41, 5.74) is 0.319. The molecule has 2 heterocycles. The topological polar surface area (TPSA) is 124 Å². The van der Waals surface area contributed by atoms with E-state index in [-0.39, 0.29) is 70.8 Å². The highest BCUT2D eigenvalue weighted by atomic mass is 35.5. The SMILES string of the molecule is CCN1/C(=C\C=C\c2n(CC)c3cc(Cl)c(C(F)(F)F)cc3[n+]2CCc2ccc(S(=O)(=O)O)c3ccccc23)N(CCc2ccc(S(=O)(=O)O)c3ccccc23)c2cc(C(F)(F)F)c(Cl)cc21. The number of halogens is 8. The summed E-state index contributed by atoms with van der Waals surface area (Å²) in [7, 11) is -9.19. The molecule has 0 saturated heterocycles. The van der Waals surface area contributed by atoms with E-state index < -0.39 is 53.8 Å². The Labute approximate surface area is 391 Å². The van der Waals surface area contributed by atoms with Crippen molar-refractivity contribution < 1.29 is 56.9 Å². The predicted octanol–water partition coefficient (Wildman–Crippen LogP) is 11.8. The summed E-state index contributed by atoms with van der Waals surface area (Å²) >= 11 is 12.5. The number of aromatic nitrogens is 2. The van der Waals surface area contributed by atoms with Gasteiger partial charge in [0, 0.05) is 48.5 Å². The van der Waals surface area contributed by atoms with Crippen molar-refractivity contribution in [1.82, 2.24) is 4.57 Å². The molecule has 0 spiro atoms. The third-order valence-electron chi connectivity index (χ3n) is 11.8. The second-order valence-corrected chi connectivity index (χ2v) is 19.3. The van der Waals surface area contributed by atoms with Gasteiger partial charge in [0.2, 0.25) is 0 Å². The number of benzene rings is 6. The summed E-state index contributed by atoms with van der Waals surface area (Å²) in [6.07, 6.45) is -4.24. The maximum absolute atomic E-state index is 14.4. The zero-order chi connectivity index (χ0) is 48.4. The van der Waals surface area contributed by atoms with E-state index in [9.17, 15) is 52.3 Å². The van der Waals surface area contributed by atoms with E-state index in [0.717, 1.165) is 12.1 Å². The van der Waals surface area contributed by atoms with Crippen LogP contribution in [0.25, 0.3) is 38.7 Å². The monoisotopic (exact) mass is 1000 g/mol. The van der Waals surface area contributed by atoms with Crippen LogP contribution in [0.15, 0.2) is 125 Å². The lowest BCUT2D eigenvalue weighted by Gasteiger charge is -2.25. The number of anilines is 2. The number of nitrogens with zero attached hydrogens (tertiary/aromatic N) is 4. The Morgan fingerprint density at radius 1 is 0.642 bits per heavy atom. The van der Waals surface area contributed by atoms with E-state index >= 15 is 0 Å². The standard InChI is InChI=1S/C47H38Cl2F6N4O6S2/c1-3-56-40-26-36(48)34(46(50,51)52)24-38(40)58(22-20-28-16-18-42(66(60,61)62)32-12-7-5-10-30(28)32)44(56)14-9-15-45-57(4-2)41-27-37(49)35(47(53,54)55)25-39(41)59(45)23-21-29-17-19-43(67(63,64)65)33-13-8-6-11-31(29)33/h5-19,24-27H,3-4,20-23H2,1-2H3,(H-,60,61,62,63,64,65)/p+1. The van der Waals surface area contributed by atoms with Gasteiger partial charge in [0.05, 0.1) is 45.6 Å². The van der Waals surface area contributed by atoms with Crippen molar-refractivity contribution in [2.75, 3.05) is 22.9 Å². The Morgan fingerprint density at radius 2 is 1.15 bits per heavy atom. The third-order valence-corrected chi connectivity index (χ3v) is 14.3. The molecule has 0 saturated carbocycles. The molecule has 0 atom stereocenters. The van der Waals surface area contributed by atoms with Crippen LogP contribution in [-0.4, -0.2) is 43.6 Å². The van der Waals surface area contributed by atoms with Gasteiger partial charge in [0.25, 0.3) is 26.1 Å². The first-order chi connectivity index (χ1) is 31.5. The molecule has 10 nitrogen and oxygen atoms in total. The zero-order valence-corrected chi connectivity index (χ0v) is 38.5. The second kappa shape index (κ2) is 17.8. The summed E-state index contributed by atoms with van der Waals surface area (Å²) in [6.45, 7) is 4.31. The minimum atomic E-state index is -4.80. The van der Waals surface area contributed by atoms with Crippen LogP contribution in [0, 0.1) is 0 Å². The highest BCUT2D eigenvalue weighted by Crippen LogP contribution is 2.48. The minimum absolute atomic E-state index is 0.0790. The molecule has 0 fully saturated rings. The lowest BCUT2D eigenvalue weighted by atomic mass is 10.0. The molecule has 67 heavy (non-hydrogen) atoms. The van der Waals surface area contributed by atoms with Gasteiger partial charge in [0.1, 0.15) is 15.6 Å². The summed E-state index contributed by atoms with van der Waals surface area (Å²) in [5, 5.41) is 0.509. The predicted molar refractivity (Wildman–Crippen MR) is 247 cm³/mol. The zero-order valence-electron chi connectivity index (χ0n) is 35.4. The fourth-order valence-electron chi connectivity index (χ4n) is 8.92.